The summed E-state index contributed by atoms with van der Waals surface area (Å²) in [6.45, 7) is 2.58. The predicted octanol–water partition coefficient (Wildman–Crippen LogP) is 2.87. The highest BCUT2D eigenvalue weighted by molar-refractivity contribution is 6.32. The standard InChI is InChI=1S/C21H20ClNO6/c22-16-12-15(13-17-19(16)28-11-10-27-17)21(25)29-18(14-4-2-1-3-5-14)20(24)23-6-8-26-9-7-23/h1-5,12-13,18H,6-11H2/t18-/m0/s1. The molecule has 2 aromatic rings. The van der Waals surface area contributed by atoms with E-state index in [9.17, 15) is 9.59 Å². The number of morpholine rings is 1. The molecule has 0 saturated carbocycles. The largest absolute Gasteiger partial charge is 0.486 e. The maximum Gasteiger partial charge on any atom is 0.339 e. The van der Waals surface area contributed by atoms with Gasteiger partial charge in [-0.3, -0.25) is 4.79 Å². The molecule has 2 aromatic carbocycles. The van der Waals surface area contributed by atoms with E-state index in [-0.39, 0.29) is 16.5 Å². The molecule has 2 heterocycles. The van der Waals surface area contributed by atoms with Crippen molar-refractivity contribution in [1.29, 1.82) is 0 Å². The summed E-state index contributed by atoms with van der Waals surface area (Å²) < 4.78 is 22.0. The molecule has 4 rings (SSSR count). The second-order valence-electron chi connectivity index (χ2n) is 6.62. The van der Waals surface area contributed by atoms with Crippen molar-refractivity contribution in [2.24, 2.45) is 0 Å². The van der Waals surface area contributed by atoms with E-state index in [0.717, 1.165) is 0 Å². The van der Waals surface area contributed by atoms with Crippen LogP contribution in [0, 0.1) is 0 Å². The fourth-order valence-electron chi connectivity index (χ4n) is 3.24. The molecule has 0 aromatic heterocycles. The van der Waals surface area contributed by atoms with Gasteiger partial charge in [0.1, 0.15) is 13.2 Å². The van der Waals surface area contributed by atoms with Crippen LogP contribution in [-0.2, 0) is 14.3 Å². The lowest BCUT2D eigenvalue weighted by Crippen LogP contribution is -2.44. The Labute approximate surface area is 173 Å². The molecular weight excluding hydrogens is 398 g/mol. The molecule has 0 aliphatic carbocycles. The van der Waals surface area contributed by atoms with Crippen LogP contribution >= 0.6 is 11.6 Å². The highest BCUT2D eigenvalue weighted by Gasteiger charge is 2.31. The molecule has 8 heteroatoms. The molecule has 1 saturated heterocycles. The lowest BCUT2D eigenvalue weighted by Gasteiger charge is -2.30. The number of carbonyl (C=O) groups excluding carboxylic acids is 2. The van der Waals surface area contributed by atoms with E-state index < -0.39 is 12.1 Å². The van der Waals surface area contributed by atoms with Crippen molar-refractivity contribution in [2.75, 3.05) is 39.5 Å². The Kier molecular flexibility index (Phi) is 5.87. The zero-order valence-corrected chi connectivity index (χ0v) is 16.4. The molecule has 1 fully saturated rings. The quantitative estimate of drug-likeness (QED) is 0.712. The number of esters is 1. The molecule has 7 nitrogen and oxygen atoms in total. The zero-order chi connectivity index (χ0) is 20.2. The second-order valence-corrected chi connectivity index (χ2v) is 7.02. The van der Waals surface area contributed by atoms with Gasteiger partial charge in [-0.25, -0.2) is 4.79 Å². The van der Waals surface area contributed by atoms with Gasteiger partial charge in [0, 0.05) is 18.7 Å². The third-order valence-corrected chi connectivity index (χ3v) is 4.99. The first kappa shape index (κ1) is 19.5. The van der Waals surface area contributed by atoms with Gasteiger partial charge in [0.2, 0.25) is 6.10 Å². The molecule has 1 atom stereocenters. The molecular formula is C21H20ClNO6. The number of nitrogens with zero attached hydrogens (tertiary/aromatic N) is 1. The third-order valence-electron chi connectivity index (χ3n) is 4.71. The molecule has 0 N–H and O–H groups in total. The van der Waals surface area contributed by atoms with Crippen LogP contribution in [0.15, 0.2) is 42.5 Å². The maximum atomic E-state index is 13.1. The molecule has 2 aliphatic rings. The van der Waals surface area contributed by atoms with Crippen molar-refractivity contribution in [2.45, 2.75) is 6.10 Å². The van der Waals surface area contributed by atoms with Crippen LogP contribution in [0.3, 0.4) is 0 Å². The van der Waals surface area contributed by atoms with E-state index in [1.807, 2.05) is 6.07 Å². The summed E-state index contributed by atoms with van der Waals surface area (Å²) in [5.74, 6) is -0.166. The molecule has 29 heavy (non-hydrogen) atoms. The Bertz CT molecular complexity index is 898. The predicted molar refractivity (Wildman–Crippen MR) is 104 cm³/mol. The summed E-state index contributed by atoms with van der Waals surface area (Å²) >= 11 is 6.23. The highest BCUT2D eigenvalue weighted by Crippen LogP contribution is 2.38. The average Bonchev–Trinajstić information content (AvgIpc) is 2.78. The number of hydrogen-bond donors (Lipinski definition) is 0. The monoisotopic (exact) mass is 417 g/mol. The van der Waals surface area contributed by atoms with E-state index in [2.05, 4.69) is 0 Å². The molecule has 0 unspecified atom stereocenters. The molecule has 0 spiro atoms. The first-order valence-electron chi connectivity index (χ1n) is 9.35. The van der Waals surface area contributed by atoms with Crippen LogP contribution in [0.4, 0.5) is 0 Å². The van der Waals surface area contributed by atoms with Crippen LogP contribution in [0.2, 0.25) is 5.02 Å². The topological polar surface area (TPSA) is 74.3 Å². The van der Waals surface area contributed by atoms with Crippen molar-refractivity contribution in [1.82, 2.24) is 4.90 Å². The van der Waals surface area contributed by atoms with Crippen molar-refractivity contribution in [3.63, 3.8) is 0 Å². The summed E-state index contributed by atoms with van der Waals surface area (Å²) in [7, 11) is 0. The Morgan fingerprint density at radius 3 is 2.48 bits per heavy atom. The molecule has 0 radical (unpaired) electrons. The van der Waals surface area contributed by atoms with Gasteiger partial charge in [0.25, 0.3) is 5.91 Å². The first-order chi connectivity index (χ1) is 14.1. The summed E-state index contributed by atoms with van der Waals surface area (Å²) in [6.07, 6.45) is -1.06. The lowest BCUT2D eigenvalue weighted by molar-refractivity contribution is -0.145. The van der Waals surface area contributed by atoms with Crippen molar-refractivity contribution in [3.05, 3.63) is 58.6 Å². The Hall–Kier alpha value is -2.77. The minimum Gasteiger partial charge on any atom is -0.486 e. The van der Waals surface area contributed by atoms with Crippen molar-refractivity contribution in [3.8, 4) is 11.5 Å². The van der Waals surface area contributed by atoms with Gasteiger partial charge >= 0.3 is 5.97 Å². The van der Waals surface area contributed by atoms with Gasteiger partial charge in [-0.1, -0.05) is 41.9 Å². The third kappa shape index (κ3) is 4.31. The average molecular weight is 418 g/mol. The number of carbonyl (C=O) groups is 2. The maximum absolute atomic E-state index is 13.1. The van der Waals surface area contributed by atoms with Gasteiger partial charge in [-0.05, 0) is 12.1 Å². The second kappa shape index (κ2) is 8.71. The first-order valence-corrected chi connectivity index (χ1v) is 9.73. The van der Waals surface area contributed by atoms with E-state index >= 15 is 0 Å². The van der Waals surface area contributed by atoms with Crippen LogP contribution < -0.4 is 9.47 Å². The fourth-order valence-corrected chi connectivity index (χ4v) is 3.51. The number of hydrogen-bond acceptors (Lipinski definition) is 6. The van der Waals surface area contributed by atoms with Gasteiger partial charge in [0.05, 0.1) is 23.8 Å². The normalized spacial score (nSPS) is 16.8. The minimum absolute atomic E-state index is 0.190. The highest BCUT2D eigenvalue weighted by atomic mass is 35.5. The number of fused-ring (bicyclic) bond motifs is 1. The molecule has 1 amide bonds. The summed E-state index contributed by atoms with van der Waals surface area (Å²) in [6, 6.07) is 11.9. The number of ether oxygens (including phenoxy) is 4. The zero-order valence-electron chi connectivity index (χ0n) is 15.6. The summed E-state index contributed by atoms with van der Waals surface area (Å²) in [5, 5.41) is 0.255. The van der Waals surface area contributed by atoms with Crippen LogP contribution in [0.5, 0.6) is 11.5 Å². The fraction of sp³-hybridized carbons (Fsp3) is 0.333. The molecule has 0 bridgehead atoms. The van der Waals surface area contributed by atoms with Crippen LogP contribution in [-0.4, -0.2) is 56.3 Å². The van der Waals surface area contributed by atoms with E-state index in [4.69, 9.17) is 30.5 Å². The van der Waals surface area contributed by atoms with Crippen molar-refractivity contribution < 1.29 is 28.5 Å². The van der Waals surface area contributed by atoms with E-state index in [0.29, 0.717) is 56.6 Å². The Morgan fingerprint density at radius 2 is 1.72 bits per heavy atom. The van der Waals surface area contributed by atoms with Crippen LogP contribution in [0.25, 0.3) is 0 Å². The van der Waals surface area contributed by atoms with Crippen molar-refractivity contribution >= 4 is 23.5 Å². The van der Waals surface area contributed by atoms with E-state index in [1.54, 1.807) is 29.2 Å². The van der Waals surface area contributed by atoms with Crippen LogP contribution in [0.1, 0.15) is 22.0 Å². The number of rotatable bonds is 4. The minimum atomic E-state index is -1.06. The Morgan fingerprint density at radius 1 is 1.00 bits per heavy atom. The van der Waals surface area contributed by atoms with Gasteiger partial charge in [0.15, 0.2) is 11.5 Å². The summed E-state index contributed by atoms with van der Waals surface area (Å²) in [5.41, 5.74) is 0.788. The summed E-state index contributed by atoms with van der Waals surface area (Å²) in [4.78, 5) is 27.6. The molecule has 2 aliphatic heterocycles. The number of benzene rings is 2. The molecule has 152 valence electrons. The van der Waals surface area contributed by atoms with Gasteiger partial charge < -0.3 is 23.8 Å². The SMILES string of the molecule is O=C(O[C@H](C(=O)N1CCOCC1)c1ccccc1)c1cc(Cl)c2c(c1)OCCO2. The lowest BCUT2D eigenvalue weighted by atomic mass is 10.1. The van der Waals surface area contributed by atoms with Gasteiger partial charge in [-0.15, -0.1) is 0 Å². The smallest absolute Gasteiger partial charge is 0.339 e. The number of amides is 1. The number of halogens is 1. The van der Waals surface area contributed by atoms with Gasteiger partial charge in [-0.2, -0.15) is 0 Å². The van der Waals surface area contributed by atoms with E-state index in [1.165, 1.54) is 12.1 Å². The Balaban J connectivity index is 1.59.